The standard InChI is InChI=1S/C15H26O/c1-6-13(16)8-7-12(3)14-9-11(2)10-15(14,4)5/h7-8,10,12-14,16H,6,9H2,1-5H3/b8-7+. The van der Waals surface area contributed by atoms with Crippen molar-refractivity contribution in [2.45, 2.75) is 53.6 Å². The Kier molecular flexibility index (Phi) is 4.37. The van der Waals surface area contributed by atoms with E-state index in [-0.39, 0.29) is 6.10 Å². The molecule has 1 N–H and O–H groups in total. The van der Waals surface area contributed by atoms with Gasteiger partial charge in [-0.15, -0.1) is 0 Å². The Balaban J connectivity index is 2.63. The highest BCUT2D eigenvalue weighted by Gasteiger charge is 2.35. The van der Waals surface area contributed by atoms with Crippen molar-refractivity contribution in [1.82, 2.24) is 0 Å². The first-order chi connectivity index (χ1) is 7.36. The van der Waals surface area contributed by atoms with E-state index in [0.717, 1.165) is 6.42 Å². The van der Waals surface area contributed by atoms with E-state index in [2.05, 4.69) is 39.8 Å². The summed E-state index contributed by atoms with van der Waals surface area (Å²) in [6.45, 7) is 11.1. The lowest BCUT2D eigenvalue weighted by atomic mass is 9.74. The third-order valence-corrected chi connectivity index (χ3v) is 3.81. The second-order valence-corrected chi connectivity index (χ2v) is 5.84. The van der Waals surface area contributed by atoms with Gasteiger partial charge in [-0.1, -0.05) is 51.5 Å². The minimum Gasteiger partial charge on any atom is -0.389 e. The van der Waals surface area contributed by atoms with E-state index in [4.69, 9.17) is 0 Å². The minimum absolute atomic E-state index is 0.277. The van der Waals surface area contributed by atoms with Crippen LogP contribution in [-0.4, -0.2) is 11.2 Å². The molecule has 0 spiro atoms. The zero-order chi connectivity index (χ0) is 12.3. The average Bonchev–Trinajstić information content (AvgIpc) is 2.47. The molecule has 0 radical (unpaired) electrons. The van der Waals surface area contributed by atoms with Crippen molar-refractivity contribution in [2.75, 3.05) is 0 Å². The molecular formula is C15H26O. The van der Waals surface area contributed by atoms with Crippen molar-refractivity contribution in [1.29, 1.82) is 0 Å². The lowest BCUT2D eigenvalue weighted by Crippen LogP contribution is -2.23. The quantitative estimate of drug-likeness (QED) is 0.714. The van der Waals surface area contributed by atoms with E-state index in [9.17, 15) is 5.11 Å². The summed E-state index contributed by atoms with van der Waals surface area (Å²) in [5, 5.41) is 9.53. The molecule has 92 valence electrons. The van der Waals surface area contributed by atoms with Crippen LogP contribution in [-0.2, 0) is 0 Å². The van der Waals surface area contributed by atoms with Gasteiger partial charge in [0.05, 0.1) is 6.10 Å². The molecule has 0 aromatic heterocycles. The largest absolute Gasteiger partial charge is 0.389 e. The van der Waals surface area contributed by atoms with Gasteiger partial charge in [0.2, 0.25) is 0 Å². The molecule has 1 rings (SSSR count). The number of aliphatic hydroxyl groups is 1. The third-order valence-electron chi connectivity index (χ3n) is 3.81. The Morgan fingerprint density at radius 3 is 2.56 bits per heavy atom. The Morgan fingerprint density at radius 2 is 2.12 bits per heavy atom. The highest BCUT2D eigenvalue weighted by atomic mass is 16.3. The number of allylic oxidation sites excluding steroid dienone is 3. The predicted octanol–water partition coefficient (Wildman–Crippen LogP) is 3.94. The molecule has 1 aliphatic carbocycles. The van der Waals surface area contributed by atoms with Crippen LogP contribution in [0.5, 0.6) is 0 Å². The molecule has 0 aliphatic heterocycles. The number of aliphatic hydroxyl groups excluding tert-OH is 1. The maximum absolute atomic E-state index is 9.53. The summed E-state index contributed by atoms with van der Waals surface area (Å²) < 4.78 is 0. The number of rotatable bonds is 4. The summed E-state index contributed by atoms with van der Waals surface area (Å²) in [4.78, 5) is 0. The first-order valence-corrected chi connectivity index (χ1v) is 6.41. The summed E-state index contributed by atoms with van der Waals surface area (Å²) in [5.74, 6) is 1.21. The number of hydrogen-bond acceptors (Lipinski definition) is 1. The highest BCUT2D eigenvalue weighted by molar-refractivity contribution is 5.18. The maximum atomic E-state index is 9.53. The van der Waals surface area contributed by atoms with Gasteiger partial charge in [0.1, 0.15) is 0 Å². The smallest absolute Gasteiger partial charge is 0.0718 e. The molecule has 1 heteroatoms. The highest BCUT2D eigenvalue weighted by Crippen LogP contribution is 2.45. The van der Waals surface area contributed by atoms with E-state index in [1.54, 1.807) is 0 Å². The van der Waals surface area contributed by atoms with Crippen molar-refractivity contribution in [3.8, 4) is 0 Å². The number of hydrogen-bond donors (Lipinski definition) is 1. The van der Waals surface area contributed by atoms with Crippen LogP contribution in [0.25, 0.3) is 0 Å². The van der Waals surface area contributed by atoms with Crippen LogP contribution >= 0.6 is 0 Å². The summed E-state index contributed by atoms with van der Waals surface area (Å²) in [7, 11) is 0. The van der Waals surface area contributed by atoms with Crippen molar-refractivity contribution in [2.24, 2.45) is 17.3 Å². The molecule has 0 aromatic carbocycles. The molecule has 0 bridgehead atoms. The van der Waals surface area contributed by atoms with Crippen LogP contribution in [0.1, 0.15) is 47.5 Å². The second-order valence-electron chi connectivity index (χ2n) is 5.84. The lowest BCUT2D eigenvalue weighted by molar-refractivity contribution is 0.214. The molecule has 0 saturated heterocycles. The van der Waals surface area contributed by atoms with Crippen molar-refractivity contribution in [3.05, 3.63) is 23.8 Å². The van der Waals surface area contributed by atoms with Crippen LogP contribution in [0.15, 0.2) is 23.8 Å². The molecule has 1 nitrogen and oxygen atoms in total. The van der Waals surface area contributed by atoms with E-state index in [0.29, 0.717) is 17.3 Å². The Hall–Kier alpha value is -0.560. The Bertz CT molecular complexity index is 286. The molecule has 0 saturated carbocycles. The van der Waals surface area contributed by atoms with Crippen LogP contribution in [0.4, 0.5) is 0 Å². The molecule has 0 aromatic rings. The van der Waals surface area contributed by atoms with Crippen molar-refractivity contribution < 1.29 is 5.11 Å². The van der Waals surface area contributed by atoms with E-state index in [1.807, 2.05) is 13.0 Å². The van der Waals surface area contributed by atoms with Gasteiger partial charge in [-0.2, -0.15) is 0 Å². The van der Waals surface area contributed by atoms with Gasteiger partial charge >= 0.3 is 0 Å². The van der Waals surface area contributed by atoms with Crippen molar-refractivity contribution >= 4 is 0 Å². The summed E-state index contributed by atoms with van der Waals surface area (Å²) in [6, 6.07) is 0. The van der Waals surface area contributed by atoms with E-state index in [1.165, 1.54) is 12.0 Å². The monoisotopic (exact) mass is 222 g/mol. The zero-order valence-corrected chi connectivity index (χ0v) is 11.3. The SMILES string of the molecule is CCC(O)/C=C/C(C)C1CC(C)=CC1(C)C. The fourth-order valence-corrected chi connectivity index (χ4v) is 2.85. The topological polar surface area (TPSA) is 20.2 Å². The van der Waals surface area contributed by atoms with Gasteiger partial charge in [0.25, 0.3) is 0 Å². The van der Waals surface area contributed by atoms with Crippen molar-refractivity contribution in [3.63, 3.8) is 0 Å². The lowest BCUT2D eigenvalue weighted by Gasteiger charge is -2.30. The normalized spacial score (nSPS) is 28.1. The predicted molar refractivity (Wildman–Crippen MR) is 70.2 cm³/mol. The molecule has 0 fully saturated rings. The van der Waals surface area contributed by atoms with Crippen LogP contribution in [0, 0.1) is 17.3 Å². The maximum Gasteiger partial charge on any atom is 0.0718 e. The zero-order valence-electron chi connectivity index (χ0n) is 11.3. The van der Waals surface area contributed by atoms with Gasteiger partial charge in [-0.05, 0) is 37.0 Å². The molecular weight excluding hydrogens is 196 g/mol. The third kappa shape index (κ3) is 3.21. The average molecular weight is 222 g/mol. The summed E-state index contributed by atoms with van der Waals surface area (Å²) in [6.07, 6.45) is 8.26. The fourth-order valence-electron chi connectivity index (χ4n) is 2.85. The van der Waals surface area contributed by atoms with Crippen LogP contribution in [0.3, 0.4) is 0 Å². The van der Waals surface area contributed by atoms with Gasteiger partial charge < -0.3 is 5.11 Å². The summed E-state index contributed by atoms with van der Waals surface area (Å²) >= 11 is 0. The molecule has 0 amide bonds. The van der Waals surface area contributed by atoms with E-state index < -0.39 is 0 Å². The Labute approximate surface area is 100 Å². The van der Waals surface area contributed by atoms with Crippen LogP contribution < -0.4 is 0 Å². The second kappa shape index (κ2) is 5.18. The molecule has 1 aliphatic rings. The molecule has 3 unspecified atom stereocenters. The first-order valence-electron chi connectivity index (χ1n) is 6.41. The van der Waals surface area contributed by atoms with Gasteiger partial charge in [-0.25, -0.2) is 0 Å². The molecule has 3 atom stereocenters. The fraction of sp³-hybridized carbons (Fsp3) is 0.733. The molecule has 0 heterocycles. The van der Waals surface area contributed by atoms with Gasteiger partial charge in [0, 0.05) is 0 Å². The minimum atomic E-state index is -0.277. The van der Waals surface area contributed by atoms with Crippen LogP contribution in [0.2, 0.25) is 0 Å². The Morgan fingerprint density at radius 1 is 1.50 bits per heavy atom. The molecule has 16 heavy (non-hydrogen) atoms. The summed E-state index contributed by atoms with van der Waals surface area (Å²) in [5.41, 5.74) is 1.80. The van der Waals surface area contributed by atoms with Gasteiger partial charge in [0.15, 0.2) is 0 Å². The van der Waals surface area contributed by atoms with Gasteiger partial charge in [-0.3, -0.25) is 0 Å². The first kappa shape index (κ1) is 13.5. The van der Waals surface area contributed by atoms with E-state index >= 15 is 0 Å².